The molecule has 1 aromatic carbocycles. The second kappa shape index (κ2) is 5.76. The first-order valence-corrected chi connectivity index (χ1v) is 7.12. The van der Waals surface area contributed by atoms with Crippen molar-refractivity contribution in [1.82, 2.24) is 5.32 Å². The van der Waals surface area contributed by atoms with Crippen LogP contribution in [0.2, 0.25) is 0 Å². The van der Waals surface area contributed by atoms with Crippen LogP contribution in [0.25, 0.3) is 0 Å². The topological polar surface area (TPSA) is 105 Å². The molecule has 7 heteroatoms. The maximum Gasteiger partial charge on any atom is 0.334 e. The van der Waals surface area contributed by atoms with E-state index in [1.54, 1.807) is 18.2 Å². The van der Waals surface area contributed by atoms with Crippen LogP contribution in [0, 0.1) is 0 Å². The number of amides is 2. The van der Waals surface area contributed by atoms with Crippen LogP contribution in [0.1, 0.15) is 28.8 Å². The molecule has 3 N–H and O–H groups in total. The van der Waals surface area contributed by atoms with Gasteiger partial charge in [-0.3, -0.25) is 9.59 Å². The highest BCUT2D eigenvalue weighted by Crippen LogP contribution is 2.24. The van der Waals surface area contributed by atoms with E-state index in [0.717, 1.165) is 11.3 Å². The fourth-order valence-corrected chi connectivity index (χ4v) is 2.76. The number of aliphatic carboxylic acids is 1. The van der Waals surface area contributed by atoms with Crippen LogP contribution < -0.4 is 10.6 Å². The van der Waals surface area contributed by atoms with E-state index in [4.69, 9.17) is 9.84 Å². The molecule has 2 atom stereocenters. The van der Waals surface area contributed by atoms with Crippen LogP contribution in [0.3, 0.4) is 0 Å². The Labute approximate surface area is 126 Å². The highest BCUT2D eigenvalue weighted by molar-refractivity contribution is 5.98. The average molecular weight is 304 g/mol. The molecule has 1 aromatic rings. The lowest BCUT2D eigenvalue weighted by atomic mass is 10.00. The van der Waals surface area contributed by atoms with E-state index < -0.39 is 18.1 Å². The molecular formula is C15H16N2O5. The zero-order valence-electron chi connectivity index (χ0n) is 11.8. The van der Waals surface area contributed by atoms with Crippen LogP contribution in [0.4, 0.5) is 5.69 Å². The predicted octanol–water partition coefficient (Wildman–Crippen LogP) is 0.543. The summed E-state index contributed by atoms with van der Waals surface area (Å²) in [4.78, 5) is 34.6. The molecule has 0 bridgehead atoms. The standard InChI is InChI=1S/C15H16N2O5/c18-12-4-2-8-7-9(1-3-10(8)16-12)14(19)17-11-5-6-22-13(11)15(20)21/h1,3,7,11,13H,2,4-6H2,(H,16,18)(H,17,19)(H,20,21)/t11-,13+/m0/s1. The largest absolute Gasteiger partial charge is 0.479 e. The maximum atomic E-state index is 12.3. The van der Waals surface area contributed by atoms with Crippen molar-refractivity contribution in [1.29, 1.82) is 0 Å². The Hall–Kier alpha value is -2.41. The normalized spacial score (nSPS) is 23.5. The molecule has 7 nitrogen and oxygen atoms in total. The van der Waals surface area contributed by atoms with Gasteiger partial charge in [0, 0.05) is 24.3 Å². The van der Waals surface area contributed by atoms with Gasteiger partial charge in [-0.1, -0.05) is 0 Å². The summed E-state index contributed by atoms with van der Waals surface area (Å²) >= 11 is 0. The number of hydrogen-bond acceptors (Lipinski definition) is 4. The van der Waals surface area contributed by atoms with Crippen LogP contribution in [-0.2, 0) is 20.7 Å². The number of carbonyl (C=O) groups is 3. The van der Waals surface area contributed by atoms with Gasteiger partial charge in [-0.05, 0) is 36.6 Å². The SMILES string of the molecule is O=C1CCc2cc(C(=O)N[C@H]3CCO[C@H]3C(=O)O)ccc2N1. The average Bonchev–Trinajstić information content (AvgIpc) is 2.95. The van der Waals surface area contributed by atoms with Crippen LogP contribution >= 0.6 is 0 Å². The van der Waals surface area contributed by atoms with Gasteiger partial charge in [-0.25, -0.2) is 4.79 Å². The molecule has 3 rings (SSSR count). The van der Waals surface area contributed by atoms with Gasteiger partial charge in [0.25, 0.3) is 5.91 Å². The number of hydrogen-bond donors (Lipinski definition) is 3. The van der Waals surface area contributed by atoms with Gasteiger partial charge in [-0.2, -0.15) is 0 Å². The highest BCUT2D eigenvalue weighted by Gasteiger charge is 2.35. The zero-order valence-corrected chi connectivity index (χ0v) is 11.8. The molecule has 0 radical (unpaired) electrons. The number of rotatable bonds is 3. The number of ether oxygens (including phenoxy) is 1. The third kappa shape index (κ3) is 2.80. The Morgan fingerprint density at radius 2 is 2.14 bits per heavy atom. The minimum absolute atomic E-state index is 0.0305. The van der Waals surface area contributed by atoms with Crippen LogP contribution in [-0.4, -0.2) is 41.6 Å². The molecule has 2 amide bonds. The molecule has 0 unspecified atom stereocenters. The van der Waals surface area contributed by atoms with E-state index in [1.165, 1.54) is 0 Å². The highest BCUT2D eigenvalue weighted by atomic mass is 16.5. The molecule has 2 heterocycles. The van der Waals surface area contributed by atoms with Gasteiger partial charge >= 0.3 is 5.97 Å². The van der Waals surface area contributed by atoms with Gasteiger partial charge in [-0.15, -0.1) is 0 Å². The summed E-state index contributed by atoms with van der Waals surface area (Å²) in [7, 11) is 0. The Bertz CT molecular complexity index is 643. The van der Waals surface area contributed by atoms with E-state index in [0.29, 0.717) is 31.4 Å². The molecule has 1 fully saturated rings. The molecule has 22 heavy (non-hydrogen) atoms. The first kappa shape index (κ1) is 14.5. The van der Waals surface area contributed by atoms with E-state index in [9.17, 15) is 14.4 Å². The number of fused-ring (bicyclic) bond motifs is 1. The van der Waals surface area contributed by atoms with Crippen LogP contribution in [0.5, 0.6) is 0 Å². The minimum atomic E-state index is -1.07. The third-order valence-corrected chi connectivity index (χ3v) is 3.91. The second-order valence-corrected chi connectivity index (χ2v) is 5.42. The molecule has 2 aliphatic heterocycles. The Balaban J connectivity index is 1.73. The smallest absolute Gasteiger partial charge is 0.334 e. The Morgan fingerprint density at radius 1 is 1.32 bits per heavy atom. The molecule has 0 spiro atoms. The monoisotopic (exact) mass is 304 g/mol. The van der Waals surface area contributed by atoms with Crippen LogP contribution in [0.15, 0.2) is 18.2 Å². The van der Waals surface area contributed by atoms with Crippen molar-refractivity contribution in [3.05, 3.63) is 29.3 Å². The number of carboxylic acid groups (broad SMARTS) is 1. The van der Waals surface area contributed by atoms with Crippen molar-refractivity contribution in [2.45, 2.75) is 31.4 Å². The van der Waals surface area contributed by atoms with E-state index in [-0.39, 0.29) is 11.8 Å². The van der Waals surface area contributed by atoms with Crippen molar-refractivity contribution in [2.75, 3.05) is 11.9 Å². The molecule has 2 aliphatic rings. The second-order valence-electron chi connectivity index (χ2n) is 5.42. The van der Waals surface area contributed by atoms with Gasteiger partial charge in [0.05, 0.1) is 6.04 Å². The van der Waals surface area contributed by atoms with Gasteiger partial charge in [0.2, 0.25) is 5.91 Å². The quantitative estimate of drug-likeness (QED) is 0.756. The number of carboxylic acids is 1. The van der Waals surface area contributed by atoms with E-state index in [2.05, 4.69) is 10.6 Å². The number of anilines is 1. The third-order valence-electron chi connectivity index (χ3n) is 3.91. The lowest BCUT2D eigenvalue weighted by Crippen LogP contribution is -2.44. The van der Waals surface area contributed by atoms with Crippen molar-refractivity contribution in [2.24, 2.45) is 0 Å². The summed E-state index contributed by atoms with van der Waals surface area (Å²) in [6, 6.07) is 4.52. The first-order chi connectivity index (χ1) is 10.5. The summed E-state index contributed by atoms with van der Waals surface area (Å²) < 4.78 is 5.10. The molecule has 0 aliphatic carbocycles. The van der Waals surface area contributed by atoms with E-state index in [1.807, 2.05) is 0 Å². The zero-order chi connectivity index (χ0) is 15.7. The molecular weight excluding hydrogens is 288 g/mol. The maximum absolute atomic E-state index is 12.3. The summed E-state index contributed by atoms with van der Waals surface area (Å²) in [5.74, 6) is -1.44. The number of aryl methyl sites for hydroxylation is 1. The number of nitrogens with one attached hydrogen (secondary N) is 2. The molecule has 1 saturated heterocycles. The fourth-order valence-electron chi connectivity index (χ4n) is 2.76. The lowest BCUT2D eigenvalue weighted by Gasteiger charge is -2.19. The first-order valence-electron chi connectivity index (χ1n) is 7.12. The number of benzene rings is 1. The lowest BCUT2D eigenvalue weighted by molar-refractivity contribution is -0.148. The summed E-state index contributed by atoms with van der Waals surface area (Å²) in [6.07, 6.45) is 0.465. The Morgan fingerprint density at radius 3 is 2.91 bits per heavy atom. The molecule has 116 valence electrons. The summed E-state index contributed by atoms with van der Waals surface area (Å²) in [5.41, 5.74) is 2.08. The Kier molecular flexibility index (Phi) is 3.81. The van der Waals surface area contributed by atoms with Gasteiger partial charge < -0.3 is 20.5 Å². The summed E-state index contributed by atoms with van der Waals surface area (Å²) in [6.45, 7) is 0.318. The predicted molar refractivity (Wildman–Crippen MR) is 76.6 cm³/mol. The van der Waals surface area contributed by atoms with Gasteiger partial charge in [0.15, 0.2) is 6.10 Å². The van der Waals surface area contributed by atoms with Gasteiger partial charge in [0.1, 0.15) is 0 Å². The summed E-state index contributed by atoms with van der Waals surface area (Å²) in [5, 5.41) is 14.5. The molecule has 0 aromatic heterocycles. The minimum Gasteiger partial charge on any atom is -0.479 e. The fraction of sp³-hybridized carbons (Fsp3) is 0.400. The van der Waals surface area contributed by atoms with Crippen molar-refractivity contribution in [3.63, 3.8) is 0 Å². The van der Waals surface area contributed by atoms with Crippen molar-refractivity contribution >= 4 is 23.5 Å². The van der Waals surface area contributed by atoms with Crippen molar-refractivity contribution < 1.29 is 24.2 Å². The van der Waals surface area contributed by atoms with Crippen molar-refractivity contribution in [3.8, 4) is 0 Å². The van der Waals surface area contributed by atoms with E-state index >= 15 is 0 Å². The number of carbonyl (C=O) groups excluding carboxylic acids is 2. The molecule has 0 saturated carbocycles.